The molecule has 1 fully saturated rings. The summed E-state index contributed by atoms with van der Waals surface area (Å²) in [6.07, 6.45) is 3.44. The SMILES string of the molecule is O=C(NCc1cccc(Cl)c1)[C@H]1CCCN(c2cnn(Cc3ccccc3)c(=O)c2)C1. The van der Waals surface area contributed by atoms with E-state index in [1.807, 2.05) is 54.6 Å². The van der Waals surface area contributed by atoms with Gasteiger partial charge in [-0.1, -0.05) is 54.1 Å². The molecule has 1 saturated heterocycles. The van der Waals surface area contributed by atoms with Gasteiger partial charge in [-0.25, -0.2) is 4.68 Å². The molecule has 1 amide bonds. The van der Waals surface area contributed by atoms with Gasteiger partial charge < -0.3 is 10.2 Å². The number of carbonyl (C=O) groups excluding carboxylic acids is 1. The van der Waals surface area contributed by atoms with Crippen LogP contribution in [0.2, 0.25) is 5.02 Å². The van der Waals surface area contributed by atoms with Gasteiger partial charge in [-0.05, 0) is 36.1 Å². The van der Waals surface area contributed by atoms with Gasteiger partial charge in [0.15, 0.2) is 0 Å². The van der Waals surface area contributed by atoms with Crippen LogP contribution in [0.3, 0.4) is 0 Å². The highest BCUT2D eigenvalue weighted by molar-refractivity contribution is 6.30. The summed E-state index contributed by atoms with van der Waals surface area (Å²) in [5, 5.41) is 8.02. The molecule has 31 heavy (non-hydrogen) atoms. The van der Waals surface area contributed by atoms with Gasteiger partial charge in [0.2, 0.25) is 5.91 Å². The van der Waals surface area contributed by atoms with Gasteiger partial charge in [0.1, 0.15) is 0 Å². The highest BCUT2D eigenvalue weighted by Crippen LogP contribution is 2.22. The van der Waals surface area contributed by atoms with Crippen LogP contribution in [0.1, 0.15) is 24.0 Å². The summed E-state index contributed by atoms with van der Waals surface area (Å²) < 4.78 is 1.46. The average molecular weight is 437 g/mol. The molecule has 0 unspecified atom stereocenters. The van der Waals surface area contributed by atoms with Gasteiger partial charge in [-0.2, -0.15) is 5.10 Å². The molecule has 0 radical (unpaired) electrons. The highest BCUT2D eigenvalue weighted by Gasteiger charge is 2.26. The Kier molecular flexibility index (Phi) is 6.67. The number of anilines is 1. The van der Waals surface area contributed by atoms with Crippen molar-refractivity contribution in [3.63, 3.8) is 0 Å². The first kappa shape index (κ1) is 21.1. The fraction of sp³-hybridized carbons (Fsp3) is 0.292. The monoisotopic (exact) mass is 436 g/mol. The third-order valence-electron chi connectivity index (χ3n) is 5.54. The summed E-state index contributed by atoms with van der Waals surface area (Å²) in [5.74, 6) is -0.102. The summed E-state index contributed by atoms with van der Waals surface area (Å²) in [6.45, 7) is 2.27. The molecule has 0 bridgehead atoms. The summed E-state index contributed by atoms with van der Waals surface area (Å²) in [6, 6.07) is 18.9. The van der Waals surface area contributed by atoms with Crippen LogP contribution in [-0.4, -0.2) is 28.8 Å². The van der Waals surface area contributed by atoms with Crippen molar-refractivity contribution >= 4 is 23.2 Å². The number of piperidine rings is 1. The van der Waals surface area contributed by atoms with Gasteiger partial charge >= 0.3 is 0 Å². The highest BCUT2D eigenvalue weighted by atomic mass is 35.5. The lowest BCUT2D eigenvalue weighted by Gasteiger charge is -2.33. The molecule has 2 aromatic carbocycles. The average Bonchev–Trinajstić information content (AvgIpc) is 2.80. The minimum atomic E-state index is -0.145. The van der Waals surface area contributed by atoms with Crippen molar-refractivity contribution in [3.8, 4) is 0 Å². The van der Waals surface area contributed by atoms with Crippen LogP contribution in [0, 0.1) is 5.92 Å². The Hall–Kier alpha value is -3.12. The van der Waals surface area contributed by atoms with Gasteiger partial charge in [0, 0.05) is 30.7 Å². The third-order valence-corrected chi connectivity index (χ3v) is 5.78. The van der Waals surface area contributed by atoms with E-state index in [1.54, 1.807) is 12.3 Å². The van der Waals surface area contributed by atoms with Crippen LogP contribution < -0.4 is 15.8 Å². The third kappa shape index (κ3) is 5.52. The van der Waals surface area contributed by atoms with E-state index < -0.39 is 0 Å². The number of hydrogen-bond acceptors (Lipinski definition) is 4. The van der Waals surface area contributed by atoms with E-state index in [2.05, 4.69) is 15.3 Å². The zero-order valence-electron chi connectivity index (χ0n) is 17.2. The van der Waals surface area contributed by atoms with E-state index in [-0.39, 0.29) is 17.4 Å². The number of benzene rings is 2. The van der Waals surface area contributed by atoms with Crippen molar-refractivity contribution in [1.29, 1.82) is 0 Å². The van der Waals surface area contributed by atoms with E-state index in [0.717, 1.165) is 36.2 Å². The quantitative estimate of drug-likeness (QED) is 0.642. The fourth-order valence-electron chi connectivity index (χ4n) is 3.88. The van der Waals surface area contributed by atoms with Crippen molar-refractivity contribution < 1.29 is 4.79 Å². The topological polar surface area (TPSA) is 67.2 Å². The molecule has 4 rings (SSSR count). The molecule has 6 nitrogen and oxygen atoms in total. The maximum atomic E-state index is 12.7. The van der Waals surface area contributed by atoms with Crippen molar-refractivity contribution in [2.24, 2.45) is 5.92 Å². The first-order valence-corrected chi connectivity index (χ1v) is 10.8. The normalized spacial score (nSPS) is 16.2. The Morgan fingerprint density at radius 3 is 2.68 bits per heavy atom. The Morgan fingerprint density at radius 2 is 1.90 bits per heavy atom. The largest absolute Gasteiger partial charge is 0.369 e. The predicted octanol–water partition coefficient (Wildman–Crippen LogP) is 3.48. The molecule has 7 heteroatoms. The molecule has 3 aromatic rings. The van der Waals surface area contributed by atoms with Crippen molar-refractivity contribution in [2.45, 2.75) is 25.9 Å². The molecule has 1 aliphatic rings. The molecule has 0 spiro atoms. The molecule has 1 aliphatic heterocycles. The van der Waals surface area contributed by atoms with E-state index in [4.69, 9.17) is 11.6 Å². The molecule has 1 N–H and O–H groups in total. The van der Waals surface area contributed by atoms with Crippen LogP contribution in [0.4, 0.5) is 5.69 Å². The van der Waals surface area contributed by atoms with Crippen LogP contribution in [0.25, 0.3) is 0 Å². The van der Waals surface area contributed by atoms with E-state index in [0.29, 0.717) is 24.7 Å². The van der Waals surface area contributed by atoms with Gasteiger partial charge in [0.25, 0.3) is 5.56 Å². The number of nitrogens with one attached hydrogen (secondary N) is 1. The number of nitrogens with zero attached hydrogens (tertiary/aromatic N) is 3. The molecule has 1 aromatic heterocycles. The van der Waals surface area contributed by atoms with Gasteiger partial charge in [-0.15, -0.1) is 0 Å². The molecule has 160 valence electrons. The fourth-order valence-corrected chi connectivity index (χ4v) is 4.09. The van der Waals surface area contributed by atoms with E-state index in [1.165, 1.54) is 4.68 Å². The Morgan fingerprint density at radius 1 is 1.10 bits per heavy atom. The number of hydrogen-bond donors (Lipinski definition) is 1. The molecule has 2 heterocycles. The van der Waals surface area contributed by atoms with Gasteiger partial charge in [-0.3, -0.25) is 9.59 Å². The minimum Gasteiger partial charge on any atom is -0.369 e. The first-order chi connectivity index (χ1) is 15.1. The predicted molar refractivity (Wildman–Crippen MR) is 122 cm³/mol. The zero-order valence-corrected chi connectivity index (χ0v) is 18.0. The van der Waals surface area contributed by atoms with E-state index >= 15 is 0 Å². The molecular formula is C24H25ClN4O2. The number of halogens is 1. The van der Waals surface area contributed by atoms with Crippen LogP contribution >= 0.6 is 11.6 Å². The lowest BCUT2D eigenvalue weighted by Crippen LogP contribution is -2.43. The maximum Gasteiger partial charge on any atom is 0.269 e. The number of rotatable bonds is 6. The van der Waals surface area contributed by atoms with Crippen LogP contribution in [0.15, 0.2) is 71.7 Å². The van der Waals surface area contributed by atoms with Crippen molar-refractivity contribution in [3.05, 3.63) is 93.4 Å². The second kappa shape index (κ2) is 9.79. The maximum absolute atomic E-state index is 12.7. The lowest BCUT2D eigenvalue weighted by atomic mass is 9.96. The summed E-state index contributed by atoms with van der Waals surface area (Å²) in [5.41, 5.74) is 2.62. The molecule has 1 atom stereocenters. The Bertz CT molecular complexity index is 1100. The number of amides is 1. The second-order valence-corrected chi connectivity index (χ2v) is 8.26. The minimum absolute atomic E-state index is 0.0232. The van der Waals surface area contributed by atoms with Crippen molar-refractivity contribution in [2.75, 3.05) is 18.0 Å². The van der Waals surface area contributed by atoms with Crippen LogP contribution in [0.5, 0.6) is 0 Å². The van der Waals surface area contributed by atoms with Crippen LogP contribution in [-0.2, 0) is 17.9 Å². The zero-order chi connectivity index (χ0) is 21.6. The smallest absolute Gasteiger partial charge is 0.269 e. The summed E-state index contributed by atoms with van der Waals surface area (Å²) in [7, 11) is 0. The van der Waals surface area contributed by atoms with Crippen molar-refractivity contribution in [1.82, 2.24) is 15.1 Å². The molecule has 0 saturated carbocycles. The Balaban J connectivity index is 1.38. The molecule has 0 aliphatic carbocycles. The van der Waals surface area contributed by atoms with Gasteiger partial charge in [0.05, 0.1) is 24.3 Å². The second-order valence-electron chi connectivity index (χ2n) is 7.83. The lowest BCUT2D eigenvalue weighted by molar-refractivity contribution is -0.125. The summed E-state index contributed by atoms with van der Waals surface area (Å²) >= 11 is 6.01. The Labute approximate surface area is 186 Å². The number of carbonyl (C=O) groups is 1. The molecular weight excluding hydrogens is 412 g/mol. The summed E-state index contributed by atoms with van der Waals surface area (Å²) in [4.78, 5) is 27.4. The number of aromatic nitrogens is 2. The standard InChI is InChI=1S/C24H25ClN4O2/c25-21-10-4-8-19(12-21)14-26-24(31)20-9-5-11-28(17-20)22-13-23(30)29(27-15-22)16-18-6-2-1-3-7-18/h1-4,6-8,10,12-13,15,20H,5,9,11,14,16-17H2,(H,26,31)/t20-/m0/s1. The first-order valence-electron chi connectivity index (χ1n) is 10.5. The van der Waals surface area contributed by atoms with E-state index in [9.17, 15) is 9.59 Å².